The Bertz CT molecular complexity index is 1310. The first-order chi connectivity index (χ1) is 18.9. The topological polar surface area (TPSA) is 93.7 Å². The molecule has 0 aliphatic heterocycles. The number of hydrogen-bond donors (Lipinski definition) is 1. The molecule has 3 aromatic rings. The van der Waals surface area contributed by atoms with E-state index in [2.05, 4.69) is 5.32 Å². The van der Waals surface area contributed by atoms with Crippen molar-refractivity contribution in [3.05, 3.63) is 65.2 Å². The summed E-state index contributed by atoms with van der Waals surface area (Å²) >= 11 is 0. The molecule has 3 aromatic carbocycles. The van der Waals surface area contributed by atoms with Gasteiger partial charge in [0.2, 0.25) is 17.4 Å². The van der Waals surface area contributed by atoms with Gasteiger partial charge in [0.1, 0.15) is 5.75 Å². The standard InChI is InChI=1S/C30H33NO8/c1-33-23-14-19(8-9-20-15-24(34-2)29(38-6)25(16-20)35-3)10-12-22(23)31-28(32)13-11-21-17-26(36-4)30(39-7)27(18-21)37-5/h8-18H,1-7H3,(H,31,32)/b9-8?,13-11+. The van der Waals surface area contributed by atoms with Crippen molar-refractivity contribution in [2.75, 3.05) is 55.1 Å². The summed E-state index contributed by atoms with van der Waals surface area (Å²) in [5, 5.41) is 2.85. The van der Waals surface area contributed by atoms with Crippen LogP contribution in [0.5, 0.6) is 40.2 Å². The van der Waals surface area contributed by atoms with Crippen LogP contribution < -0.4 is 38.5 Å². The molecule has 0 unspecified atom stereocenters. The van der Waals surface area contributed by atoms with Gasteiger partial charge in [0.25, 0.3) is 0 Å². The molecule has 206 valence electrons. The number of amides is 1. The summed E-state index contributed by atoms with van der Waals surface area (Å²) < 4.78 is 37.8. The zero-order valence-electron chi connectivity index (χ0n) is 23.1. The lowest BCUT2D eigenvalue weighted by molar-refractivity contribution is -0.111. The van der Waals surface area contributed by atoms with Gasteiger partial charge in [0.15, 0.2) is 23.0 Å². The number of hydrogen-bond acceptors (Lipinski definition) is 8. The number of carbonyl (C=O) groups excluding carboxylic acids is 1. The molecule has 39 heavy (non-hydrogen) atoms. The lowest BCUT2D eigenvalue weighted by atomic mass is 10.1. The fourth-order valence-electron chi connectivity index (χ4n) is 3.85. The molecule has 0 saturated heterocycles. The molecule has 0 radical (unpaired) electrons. The van der Waals surface area contributed by atoms with Crippen LogP contribution in [0.4, 0.5) is 5.69 Å². The summed E-state index contributed by atoms with van der Waals surface area (Å²) in [6, 6.07) is 12.7. The number of rotatable bonds is 12. The molecular weight excluding hydrogens is 502 g/mol. The van der Waals surface area contributed by atoms with Gasteiger partial charge in [-0.25, -0.2) is 0 Å². The van der Waals surface area contributed by atoms with Crippen molar-refractivity contribution >= 4 is 29.8 Å². The van der Waals surface area contributed by atoms with Gasteiger partial charge < -0.3 is 38.5 Å². The van der Waals surface area contributed by atoms with Crippen LogP contribution in [0.1, 0.15) is 16.7 Å². The van der Waals surface area contributed by atoms with Crippen molar-refractivity contribution < 1.29 is 38.0 Å². The van der Waals surface area contributed by atoms with E-state index in [1.165, 1.54) is 27.4 Å². The molecule has 1 N–H and O–H groups in total. The van der Waals surface area contributed by atoms with E-state index in [1.54, 1.807) is 52.7 Å². The molecular formula is C30H33NO8. The minimum absolute atomic E-state index is 0.331. The Morgan fingerprint density at radius 2 is 0.949 bits per heavy atom. The van der Waals surface area contributed by atoms with Crippen LogP contribution >= 0.6 is 0 Å². The number of benzene rings is 3. The third kappa shape index (κ3) is 6.95. The molecule has 0 saturated carbocycles. The Labute approximate surface area is 228 Å². The van der Waals surface area contributed by atoms with E-state index in [1.807, 2.05) is 36.4 Å². The summed E-state index contributed by atoms with van der Waals surface area (Å²) in [5.41, 5.74) is 2.96. The van der Waals surface area contributed by atoms with E-state index in [4.69, 9.17) is 33.2 Å². The molecule has 0 heterocycles. The fraction of sp³-hybridized carbons (Fsp3) is 0.233. The van der Waals surface area contributed by atoms with Crippen molar-refractivity contribution in [2.45, 2.75) is 0 Å². The maximum atomic E-state index is 12.7. The molecule has 9 heteroatoms. The Kier molecular flexibility index (Phi) is 10.1. The Morgan fingerprint density at radius 1 is 0.538 bits per heavy atom. The lowest BCUT2D eigenvalue weighted by Gasteiger charge is -2.13. The monoisotopic (exact) mass is 535 g/mol. The summed E-state index contributed by atoms with van der Waals surface area (Å²) in [5.74, 6) is 3.30. The number of anilines is 1. The normalized spacial score (nSPS) is 10.8. The second-order valence-corrected chi connectivity index (χ2v) is 8.03. The van der Waals surface area contributed by atoms with Crippen molar-refractivity contribution in [1.29, 1.82) is 0 Å². The zero-order chi connectivity index (χ0) is 28.4. The average Bonchev–Trinajstić information content (AvgIpc) is 2.97. The third-order valence-electron chi connectivity index (χ3n) is 5.75. The predicted molar refractivity (Wildman–Crippen MR) is 152 cm³/mol. The SMILES string of the molecule is COc1cc(C=Cc2cc(OC)c(OC)c(OC)c2)ccc1NC(=O)/C=C/c1cc(OC)c(OC)c(OC)c1. The molecule has 3 rings (SSSR count). The summed E-state index contributed by atoms with van der Waals surface area (Å²) in [4.78, 5) is 12.7. The predicted octanol–water partition coefficient (Wildman–Crippen LogP) is 5.57. The molecule has 0 fully saturated rings. The summed E-state index contributed by atoms with van der Waals surface area (Å²) in [6.07, 6.45) is 6.90. The first-order valence-electron chi connectivity index (χ1n) is 11.9. The van der Waals surface area contributed by atoms with Gasteiger partial charge in [-0.15, -0.1) is 0 Å². The molecule has 0 bridgehead atoms. The average molecular weight is 536 g/mol. The number of methoxy groups -OCH3 is 7. The highest BCUT2D eigenvalue weighted by Gasteiger charge is 2.14. The van der Waals surface area contributed by atoms with E-state index in [-0.39, 0.29) is 5.91 Å². The Morgan fingerprint density at radius 3 is 1.38 bits per heavy atom. The summed E-state index contributed by atoms with van der Waals surface area (Å²) in [7, 11) is 10.9. The fourth-order valence-corrected chi connectivity index (χ4v) is 3.85. The number of carbonyl (C=O) groups is 1. The van der Waals surface area contributed by atoms with Crippen LogP contribution in [0.2, 0.25) is 0 Å². The lowest BCUT2D eigenvalue weighted by Crippen LogP contribution is -2.09. The van der Waals surface area contributed by atoms with Gasteiger partial charge in [0.05, 0.1) is 55.5 Å². The third-order valence-corrected chi connectivity index (χ3v) is 5.75. The van der Waals surface area contributed by atoms with Crippen LogP contribution in [0.3, 0.4) is 0 Å². The van der Waals surface area contributed by atoms with E-state index in [0.717, 1.165) is 11.1 Å². The van der Waals surface area contributed by atoms with Gasteiger partial charge in [-0.05, 0) is 59.2 Å². The smallest absolute Gasteiger partial charge is 0.248 e. The first-order valence-corrected chi connectivity index (χ1v) is 11.9. The van der Waals surface area contributed by atoms with Gasteiger partial charge in [-0.1, -0.05) is 18.2 Å². The minimum Gasteiger partial charge on any atom is -0.495 e. The van der Waals surface area contributed by atoms with Gasteiger partial charge in [-0.2, -0.15) is 0 Å². The molecule has 9 nitrogen and oxygen atoms in total. The van der Waals surface area contributed by atoms with Gasteiger partial charge >= 0.3 is 0 Å². The molecule has 0 aliphatic carbocycles. The Hall–Kier alpha value is -4.79. The van der Waals surface area contributed by atoms with Crippen LogP contribution in [-0.2, 0) is 4.79 Å². The second kappa shape index (κ2) is 13.7. The summed E-state index contributed by atoms with van der Waals surface area (Å²) in [6.45, 7) is 0. The highest BCUT2D eigenvalue weighted by molar-refractivity contribution is 6.03. The first kappa shape index (κ1) is 28.8. The van der Waals surface area contributed by atoms with Crippen molar-refractivity contribution in [2.24, 2.45) is 0 Å². The van der Waals surface area contributed by atoms with E-state index in [0.29, 0.717) is 51.5 Å². The van der Waals surface area contributed by atoms with Crippen molar-refractivity contribution in [1.82, 2.24) is 0 Å². The van der Waals surface area contributed by atoms with Crippen LogP contribution in [-0.4, -0.2) is 55.7 Å². The van der Waals surface area contributed by atoms with Crippen LogP contribution in [0, 0.1) is 0 Å². The van der Waals surface area contributed by atoms with Gasteiger partial charge in [-0.3, -0.25) is 4.79 Å². The highest BCUT2D eigenvalue weighted by atomic mass is 16.5. The van der Waals surface area contributed by atoms with Crippen molar-refractivity contribution in [3.63, 3.8) is 0 Å². The molecule has 0 spiro atoms. The molecule has 0 aliphatic rings. The second-order valence-electron chi connectivity index (χ2n) is 8.03. The quantitative estimate of drug-likeness (QED) is 0.238. The maximum Gasteiger partial charge on any atom is 0.248 e. The minimum atomic E-state index is -0.331. The van der Waals surface area contributed by atoms with Crippen molar-refractivity contribution in [3.8, 4) is 40.2 Å². The number of nitrogens with one attached hydrogen (secondary N) is 1. The largest absolute Gasteiger partial charge is 0.495 e. The van der Waals surface area contributed by atoms with Crippen LogP contribution in [0.15, 0.2) is 48.5 Å². The Balaban J connectivity index is 1.77. The van der Waals surface area contributed by atoms with E-state index >= 15 is 0 Å². The molecule has 1 amide bonds. The van der Waals surface area contributed by atoms with E-state index in [9.17, 15) is 4.79 Å². The highest BCUT2D eigenvalue weighted by Crippen LogP contribution is 2.39. The number of ether oxygens (including phenoxy) is 7. The van der Waals surface area contributed by atoms with Gasteiger partial charge in [0, 0.05) is 6.08 Å². The van der Waals surface area contributed by atoms with E-state index < -0.39 is 0 Å². The zero-order valence-corrected chi connectivity index (χ0v) is 23.1. The van der Waals surface area contributed by atoms with Crippen LogP contribution in [0.25, 0.3) is 18.2 Å². The maximum absolute atomic E-state index is 12.7. The molecule has 0 aromatic heterocycles. The molecule has 0 atom stereocenters.